The summed E-state index contributed by atoms with van der Waals surface area (Å²) in [5, 5.41) is 0. The summed E-state index contributed by atoms with van der Waals surface area (Å²) < 4.78 is 0. The van der Waals surface area contributed by atoms with Crippen molar-refractivity contribution in [2.75, 3.05) is 0 Å². The van der Waals surface area contributed by atoms with E-state index in [0.717, 1.165) is 5.82 Å². The molecule has 0 radical (unpaired) electrons. The van der Waals surface area contributed by atoms with Crippen molar-refractivity contribution in [1.29, 1.82) is 0 Å². The highest BCUT2D eigenvalue weighted by Gasteiger charge is 2.15. The summed E-state index contributed by atoms with van der Waals surface area (Å²) in [6.07, 6.45) is 9.84. The Morgan fingerprint density at radius 3 is 2.60 bits per heavy atom. The van der Waals surface area contributed by atoms with E-state index in [0.29, 0.717) is 12.5 Å². The number of hydrogen-bond donors (Lipinski definition) is 1. The zero-order chi connectivity index (χ0) is 10.5. The number of hydrogen-bond acceptors (Lipinski definition) is 3. The Hall–Kier alpha value is -0.960. The van der Waals surface area contributed by atoms with E-state index < -0.39 is 0 Å². The van der Waals surface area contributed by atoms with Crippen LogP contribution in [0.3, 0.4) is 0 Å². The largest absolute Gasteiger partial charge is 0.324 e. The van der Waals surface area contributed by atoms with Crippen LogP contribution < -0.4 is 5.73 Å². The Bertz CT molecular complexity index is 303. The molecule has 82 valence electrons. The second-order valence-electron chi connectivity index (χ2n) is 4.29. The minimum absolute atomic E-state index is 0.445. The van der Waals surface area contributed by atoms with E-state index in [1.165, 1.54) is 44.2 Å². The molecule has 3 heteroatoms. The third kappa shape index (κ3) is 2.75. The van der Waals surface area contributed by atoms with Crippen LogP contribution in [0.4, 0.5) is 0 Å². The van der Waals surface area contributed by atoms with Crippen LogP contribution in [0, 0.1) is 0 Å². The number of nitrogens with two attached hydrogens (primary N) is 1. The maximum absolute atomic E-state index is 5.55. The SMILES string of the molecule is NCc1nccc(C2CCCCCC2)n1. The molecule has 1 aliphatic rings. The van der Waals surface area contributed by atoms with Crippen LogP contribution in [0.25, 0.3) is 0 Å². The molecule has 0 aliphatic heterocycles. The molecule has 0 amide bonds. The van der Waals surface area contributed by atoms with E-state index in [2.05, 4.69) is 16.0 Å². The maximum Gasteiger partial charge on any atom is 0.142 e. The highest BCUT2D eigenvalue weighted by atomic mass is 14.9. The van der Waals surface area contributed by atoms with E-state index in [9.17, 15) is 0 Å². The molecule has 15 heavy (non-hydrogen) atoms. The lowest BCUT2D eigenvalue weighted by Crippen LogP contribution is -2.07. The average molecular weight is 205 g/mol. The molecule has 1 aromatic rings. The molecule has 1 aliphatic carbocycles. The zero-order valence-electron chi connectivity index (χ0n) is 9.15. The van der Waals surface area contributed by atoms with Crippen molar-refractivity contribution in [3.05, 3.63) is 23.8 Å². The summed E-state index contributed by atoms with van der Waals surface area (Å²) in [4.78, 5) is 8.66. The summed E-state index contributed by atoms with van der Waals surface area (Å²) in [5.41, 5.74) is 6.76. The van der Waals surface area contributed by atoms with Crippen molar-refractivity contribution >= 4 is 0 Å². The first-order valence-corrected chi connectivity index (χ1v) is 5.92. The summed E-state index contributed by atoms with van der Waals surface area (Å²) in [6, 6.07) is 2.05. The average Bonchev–Trinajstić information content (AvgIpc) is 2.58. The van der Waals surface area contributed by atoms with Crippen molar-refractivity contribution in [2.45, 2.75) is 51.0 Å². The van der Waals surface area contributed by atoms with Gasteiger partial charge in [-0.05, 0) is 18.9 Å². The van der Waals surface area contributed by atoms with Crippen LogP contribution in [0.5, 0.6) is 0 Å². The molecule has 0 aromatic carbocycles. The fraction of sp³-hybridized carbons (Fsp3) is 0.667. The second kappa shape index (κ2) is 5.21. The third-order valence-electron chi connectivity index (χ3n) is 3.18. The summed E-state index contributed by atoms with van der Waals surface area (Å²) in [5.74, 6) is 1.41. The monoisotopic (exact) mass is 205 g/mol. The molecule has 0 saturated heterocycles. The highest BCUT2D eigenvalue weighted by Crippen LogP contribution is 2.30. The Morgan fingerprint density at radius 1 is 1.20 bits per heavy atom. The Morgan fingerprint density at radius 2 is 1.93 bits per heavy atom. The van der Waals surface area contributed by atoms with Gasteiger partial charge in [-0.1, -0.05) is 25.7 Å². The van der Waals surface area contributed by atoms with Crippen LogP contribution in [0.2, 0.25) is 0 Å². The normalized spacial score (nSPS) is 18.7. The molecule has 0 atom stereocenters. The van der Waals surface area contributed by atoms with Gasteiger partial charge in [0.05, 0.1) is 6.54 Å². The van der Waals surface area contributed by atoms with Gasteiger partial charge < -0.3 is 5.73 Å². The van der Waals surface area contributed by atoms with Gasteiger partial charge in [0.15, 0.2) is 0 Å². The second-order valence-corrected chi connectivity index (χ2v) is 4.29. The Labute approximate surface area is 91.1 Å². The summed E-state index contributed by atoms with van der Waals surface area (Å²) in [6.45, 7) is 0.445. The van der Waals surface area contributed by atoms with Crippen molar-refractivity contribution in [1.82, 2.24) is 9.97 Å². The van der Waals surface area contributed by atoms with Gasteiger partial charge in [-0.2, -0.15) is 0 Å². The van der Waals surface area contributed by atoms with Crippen molar-refractivity contribution in [3.63, 3.8) is 0 Å². The predicted octanol–water partition coefficient (Wildman–Crippen LogP) is 2.37. The van der Waals surface area contributed by atoms with Gasteiger partial charge in [0.25, 0.3) is 0 Å². The van der Waals surface area contributed by atoms with Crippen molar-refractivity contribution in [2.24, 2.45) is 5.73 Å². The molecule has 3 nitrogen and oxygen atoms in total. The first-order valence-electron chi connectivity index (χ1n) is 5.92. The first kappa shape index (κ1) is 10.6. The molecular weight excluding hydrogens is 186 g/mol. The lowest BCUT2D eigenvalue weighted by atomic mass is 9.96. The number of aromatic nitrogens is 2. The Balaban J connectivity index is 2.12. The van der Waals surface area contributed by atoms with Crippen molar-refractivity contribution in [3.8, 4) is 0 Å². The van der Waals surface area contributed by atoms with Crippen LogP contribution in [0.15, 0.2) is 12.3 Å². The van der Waals surface area contributed by atoms with Gasteiger partial charge >= 0.3 is 0 Å². The predicted molar refractivity (Wildman–Crippen MR) is 60.4 cm³/mol. The maximum atomic E-state index is 5.55. The van der Waals surface area contributed by atoms with Gasteiger partial charge in [0.2, 0.25) is 0 Å². The lowest BCUT2D eigenvalue weighted by Gasteiger charge is -2.13. The molecule has 1 heterocycles. The van der Waals surface area contributed by atoms with Crippen LogP contribution >= 0.6 is 0 Å². The molecule has 0 bridgehead atoms. The third-order valence-corrected chi connectivity index (χ3v) is 3.18. The highest BCUT2D eigenvalue weighted by molar-refractivity contribution is 5.08. The zero-order valence-corrected chi connectivity index (χ0v) is 9.15. The fourth-order valence-electron chi connectivity index (χ4n) is 2.32. The molecule has 1 fully saturated rings. The Kier molecular flexibility index (Phi) is 3.67. The molecular formula is C12H19N3. The van der Waals surface area contributed by atoms with Gasteiger partial charge in [-0.3, -0.25) is 0 Å². The van der Waals surface area contributed by atoms with Crippen LogP contribution in [0.1, 0.15) is 56.0 Å². The van der Waals surface area contributed by atoms with Gasteiger partial charge in [-0.15, -0.1) is 0 Å². The van der Waals surface area contributed by atoms with Gasteiger partial charge in [-0.25, -0.2) is 9.97 Å². The van der Waals surface area contributed by atoms with E-state index in [-0.39, 0.29) is 0 Å². The van der Waals surface area contributed by atoms with Crippen LogP contribution in [-0.2, 0) is 6.54 Å². The number of rotatable bonds is 2. The lowest BCUT2D eigenvalue weighted by molar-refractivity contribution is 0.572. The van der Waals surface area contributed by atoms with E-state index >= 15 is 0 Å². The van der Waals surface area contributed by atoms with Gasteiger partial charge in [0.1, 0.15) is 5.82 Å². The van der Waals surface area contributed by atoms with E-state index in [4.69, 9.17) is 5.73 Å². The standard InChI is InChI=1S/C12H19N3/c13-9-12-14-8-7-11(15-12)10-5-3-1-2-4-6-10/h7-8,10H,1-6,9,13H2. The van der Waals surface area contributed by atoms with Gasteiger partial charge in [0, 0.05) is 17.8 Å². The smallest absolute Gasteiger partial charge is 0.142 e. The molecule has 2 rings (SSSR count). The van der Waals surface area contributed by atoms with Crippen molar-refractivity contribution < 1.29 is 0 Å². The summed E-state index contributed by atoms with van der Waals surface area (Å²) >= 11 is 0. The first-order chi connectivity index (χ1) is 7.40. The molecule has 0 unspecified atom stereocenters. The van der Waals surface area contributed by atoms with E-state index in [1.807, 2.05) is 6.20 Å². The minimum atomic E-state index is 0.445. The molecule has 1 saturated carbocycles. The topological polar surface area (TPSA) is 51.8 Å². The molecule has 2 N–H and O–H groups in total. The summed E-state index contributed by atoms with van der Waals surface area (Å²) in [7, 11) is 0. The van der Waals surface area contributed by atoms with E-state index in [1.54, 1.807) is 0 Å². The van der Waals surface area contributed by atoms with Crippen LogP contribution in [-0.4, -0.2) is 9.97 Å². The molecule has 0 spiro atoms. The molecule has 1 aromatic heterocycles. The minimum Gasteiger partial charge on any atom is -0.324 e. The fourth-order valence-corrected chi connectivity index (χ4v) is 2.32. The quantitative estimate of drug-likeness (QED) is 0.754. The number of nitrogens with zero attached hydrogens (tertiary/aromatic N) is 2.